The van der Waals surface area contributed by atoms with E-state index in [1.165, 1.54) is 6.92 Å². The second-order valence-corrected chi connectivity index (χ2v) is 3.97. The maximum absolute atomic E-state index is 11.4. The van der Waals surface area contributed by atoms with Gasteiger partial charge in [0.25, 0.3) is 0 Å². The van der Waals surface area contributed by atoms with Crippen LogP contribution >= 0.6 is 0 Å². The van der Waals surface area contributed by atoms with Gasteiger partial charge >= 0.3 is 12.1 Å². The number of aliphatic carboxylic acids is 1. The number of carboxylic acids is 1. The smallest absolute Gasteiger partial charge is 0.408 e. The van der Waals surface area contributed by atoms with Crippen LogP contribution in [0.2, 0.25) is 0 Å². The summed E-state index contributed by atoms with van der Waals surface area (Å²) < 4.78 is 4.90. The molecule has 102 valence electrons. The fourth-order valence-electron chi connectivity index (χ4n) is 1.38. The van der Waals surface area contributed by atoms with E-state index in [-0.39, 0.29) is 6.61 Å². The Morgan fingerprint density at radius 1 is 1.26 bits per heavy atom. The van der Waals surface area contributed by atoms with Gasteiger partial charge in [0.2, 0.25) is 0 Å². The van der Waals surface area contributed by atoms with Crippen molar-refractivity contribution < 1.29 is 24.2 Å². The Morgan fingerprint density at radius 2 is 1.89 bits per heavy atom. The summed E-state index contributed by atoms with van der Waals surface area (Å²) in [7, 11) is 0. The number of alkyl carbamates (subject to hydrolysis) is 1. The van der Waals surface area contributed by atoms with Gasteiger partial charge in [0.15, 0.2) is 5.78 Å². The molecule has 0 fully saturated rings. The summed E-state index contributed by atoms with van der Waals surface area (Å²) in [4.78, 5) is 33.1. The minimum atomic E-state index is -1.16. The van der Waals surface area contributed by atoms with E-state index in [4.69, 9.17) is 9.84 Å². The Balaban J connectivity index is 2.45. The molecule has 1 atom stereocenters. The van der Waals surface area contributed by atoms with Gasteiger partial charge in [-0.2, -0.15) is 0 Å². The molecule has 0 heterocycles. The van der Waals surface area contributed by atoms with Crippen molar-refractivity contribution in [2.24, 2.45) is 0 Å². The third-order valence-corrected chi connectivity index (χ3v) is 2.37. The Hall–Kier alpha value is -2.37. The molecule has 1 amide bonds. The van der Waals surface area contributed by atoms with Gasteiger partial charge in [0.1, 0.15) is 12.6 Å². The van der Waals surface area contributed by atoms with Gasteiger partial charge in [-0.05, 0) is 12.5 Å². The van der Waals surface area contributed by atoms with E-state index in [1.54, 1.807) is 24.3 Å². The first kappa shape index (κ1) is 14.7. The van der Waals surface area contributed by atoms with E-state index >= 15 is 0 Å². The van der Waals surface area contributed by atoms with Gasteiger partial charge < -0.3 is 15.2 Å². The van der Waals surface area contributed by atoms with Crippen molar-refractivity contribution >= 4 is 17.8 Å². The molecule has 6 nitrogen and oxygen atoms in total. The molecule has 0 saturated carbocycles. The Kier molecular flexibility index (Phi) is 5.53. The lowest BCUT2D eigenvalue weighted by atomic mass is 10.1. The molecule has 19 heavy (non-hydrogen) atoms. The third kappa shape index (κ3) is 5.67. The van der Waals surface area contributed by atoms with Gasteiger partial charge in [0.05, 0.1) is 6.42 Å². The highest BCUT2D eigenvalue weighted by Crippen LogP contribution is 2.01. The van der Waals surface area contributed by atoms with Crippen LogP contribution in [0.15, 0.2) is 30.3 Å². The highest BCUT2D eigenvalue weighted by molar-refractivity contribution is 5.89. The molecule has 0 aliphatic carbocycles. The van der Waals surface area contributed by atoms with Gasteiger partial charge in [-0.25, -0.2) is 4.79 Å². The van der Waals surface area contributed by atoms with E-state index < -0.39 is 30.3 Å². The molecule has 0 aliphatic rings. The Bertz CT molecular complexity index is 457. The Morgan fingerprint density at radius 3 is 2.42 bits per heavy atom. The highest BCUT2D eigenvalue weighted by Gasteiger charge is 2.20. The number of benzene rings is 1. The second-order valence-electron chi connectivity index (χ2n) is 3.97. The van der Waals surface area contributed by atoms with Gasteiger partial charge in [-0.3, -0.25) is 9.59 Å². The fourth-order valence-corrected chi connectivity index (χ4v) is 1.38. The molecule has 1 aromatic rings. The van der Waals surface area contributed by atoms with Crippen LogP contribution in [0, 0.1) is 0 Å². The lowest BCUT2D eigenvalue weighted by molar-refractivity contribution is -0.139. The van der Waals surface area contributed by atoms with Crippen LogP contribution < -0.4 is 5.32 Å². The van der Waals surface area contributed by atoms with Crippen LogP contribution in [-0.4, -0.2) is 29.0 Å². The van der Waals surface area contributed by atoms with Crippen molar-refractivity contribution in [2.75, 3.05) is 0 Å². The molecular formula is C13H15NO5. The number of ether oxygens (including phenoxy) is 1. The van der Waals surface area contributed by atoms with E-state index in [0.29, 0.717) is 0 Å². The summed E-state index contributed by atoms with van der Waals surface area (Å²) in [6.07, 6.45) is -1.28. The summed E-state index contributed by atoms with van der Waals surface area (Å²) in [5.74, 6) is -1.59. The Labute approximate surface area is 110 Å². The number of Topliss-reactive ketones (excluding diaryl/α,β-unsaturated/α-hetero) is 1. The zero-order valence-corrected chi connectivity index (χ0v) is 10.5. The van der Waals surface area contributed by atoms with Crippen molar-refractivity contribution in [2.45, 2.75) is 26.0 Å². The van der Waals surface area contributed by atoms with Crippen molar-refractivity contribution in [1.82, 2.24) is 5.32 Å². The molecule has 1 rings (SSSR count). The minimum absolute atomic E-state index is 0.0599. The van der Waals surface area contributed by atoms with Gasteiger partial charge in [-0.15, -0.1) is 0 Å². The zero-order chi connectivity index (χ0) is 14.3. The average molecular weight is 265 g/mol. The predicted octanol–water partition coefficient (Wildman–Crippen LogP) is 1.35. The van der Waals surface area contributed by atoms with Crippen LogP contribution in [0.25, 0.3) is 0 Å². The maximum atomic E-state index is 11.4. The minimum Gasteiger partial charge on any atom is -0.481 e. The summed E-state index contributed by atoms with van der Waals surface area (Å²) in [5.41, 5.74) is 0.801. The molecule has 0 aromatic heterocycles. The van der Waals surface area contributed by atoms with Crippen molar-refractivity contribution in [1.29, 1.82) is 0 Å². The average Bonchev–Trinajstić information content (AvgIpc) is 2.36. The number of amides is 1. The zero-order valence-electron chi connectivity index (χ0n) is 10.5. The predicted molar refractivity (Wildman–Crippen MR) is 66.5 cm³/mol. The fraction of sp³-hybridized carbons (Fsp3) is 0.308. The molecule has 0 bridgehead atoms. The lowest BCUT2D eigenvalue weighted by Crippen LogP contribution is -2.41. The largest absolute Gasteiger partial charge is 0.481 e. The van der Waals surface area contributed by atoms with E-state index in [9.17, 15) is 14.4 Å². The van der Waals surface area contributed by atoms with Gasteiger partial charge in [0, 0.05) is 0 Å². The normalized spacial score (nSPS) is 11.4. The number of carbonyl (C=O) groups excluding carboxylic acids is 2. The maximum Gasteiger partial charge on any atom is 0.408 e. The lowest BCUT2D eigenvalue weighted by Gasteiger charge is -2.13. The molecule has 1 aromatic carbocycles. The van der Waals surface area contributed by atoms with Crippen LogP contribution in [0.5, 0.6) is 0 Å². The summed E-state index contributed by atoms with van der Waals surface area (Å²) >= 11 is 0. The topological polar surface area (TPSA) is 92.7 Å². The molecule has 0 spiro atoms. The van der Waals surface area contributed by atoms with Crippen LogP contribution in [-0.2, 0) is 20.9 Å². The van der Waals surface area contributed by atoms with Crippen LogP contribution in [0.1, 0.15) is 18.9 Å². The number of nitrogens with one attached hydrogen (secondary N) is 1. The highest BCUT2D eigenvalue weighted by atomic mass is 16.5. The van der Waals surface area contributed by atoms with E-state index in [0.717, 1.165) is 5.56 Å². The van der Waals surface area contributed by atoms with Crippen molar-refractivity contribution in [3.8, 4) is 0 Å². The van der Waals surface area contributed by atoms with Crippen LogP contribution in [0.3, 0.4) is 0 Å². The number of hydrogen-bond acceptors (Lipinski definition) is 4. The molecular weight excluding hydrogens is 250 g/mol. The standard InChI is InChI=1S/C13H15NO5/c1-9(15)11(7-12(16)17)14-13(18)19-8-10-5-3-2-4-6-10/h2-6,11H,7-8H2,1H3,(H,14,18)(H,16,17)/t11-/m0/s1. The third-order valence-electron chi connectivity index (χ3n) is 2.37. The number of carboxylic acid groups (broad SMARTS) is 1. The molecule has 0 radical (unpaired) electrons. The molecule has 0 aliphatic heterocycles. The summed E-state index contributed by atoms with van der Waals surface area (Å²) in [5, 5.41) is 10.8. The number of carbonyl (C=O) groups is 3. The first-order valence-corrected chi connectivity index (χ1v) is 5.68. The number of rotatable bonds is 6. The van der Waals surface area contributed by atoms with Crippen molar-refractivity contribution in [3.63, 3.8) is 0 Å². The molecule has 6 heteroatoms. The number of ketones is 1. The molecule has 0 unspecified atom stereocenters. The first-order chi connectivity index (χ1) is 8.99. The van der Waals surface area contributed by atoms with Crippen molar-refractivity contribution in [3.05, 3.63) is 35.9 Å². The quantitative estimate of drug-likeness (QED) is 0.809. The van der Waals surface area contributed by atoms with E-state index in [1.807, 2.05) is 6.07 Å². The van der Waals surface area contributed by atoms with Crippen LogP contribution in [0.4, 0.5) is 4.79 Å². The summed E-state index contributed by atoms with van der Waals surface area (Å²) in [6, 6.07) is 7.95. The van der Waals surface area contributed by atoms with E-state index in [2.05, 4.69) is 5.32 Å². The molecule has 2 N–H and O–H groups in total. The monoisotopic (exact) mass is 265 g/mol. The second kappa shape index (κ2) is 7.15. The molecule has 0 saturated heterocycles. The first-order valence-electron chi connectivity index (χ1n) is 5.68. The summed E-state index contributed by atoms with van der Waals surface area (Å²) in [6.45, 7) is 1.27. The van der Waals surface area contributed by atoms with Gasteiger partial charge in [-0.1, -0.05) is 30.3 Å². The number of hydrogen-bond donors (Lipinski definition) is 2. The SMILES string of the molecule is CC(=O)[C@H](CC(=O)O)NC(=O)OCc1ccccc1.